The fourth-order valence-corrected chi connectivity index (χ4v) is 1.40. The number of aliphatic hydroxyl groups excluding tert-OH is 1. The van der Waals surface area contributed by atoms with Crippen LogP contribution in [0.2, 0.25) is 0 Å². The lowest BCUT2D eigenvalue weighted by Crippen LogP contribution is -2.39. The number of hydrogen-bond donors (Lipinski definition) is 2. The van der Waals surface area contributed by atoms with Gasteiger partial charge in [-0.3, -0.25) is 0 Å². The van der Waals surface area contributed by atoms with E-state index in [1.807, 2.05) is 6.92 Å². The number of likely N-dealkylation sites (N-methyl/N-ethyl adjacent to an activating group) is 1. The van der Waals surface area contributed by atoms with E-state index in [4.69, 9.17) is 4.74 Å². The van der Waals surface area contributed by atoms with Crippen molar-refractivity contribution in [2.45, 2.75) is 26.9 Å². The predicted octanol–water partition coefficient (Wildman–Crippen LogP) is 0.315. The van der Waals surface area contributed by atoms with E-state index in [-0.39, 0.29) is 6.10 Å². The Morgan fingerprint density at radius 3 is 2.47 bits per heavy atom. The summed E-state index contributed by atoms with van der Waals surface area (Å²) in [6, 6.07) is 0. The zero-order valence-corrected chi connectivity index (χ0v) is 10.3. The Balaban J connectivity index is 3.35. The number of nitrogens with zero attached hydrogens (tertiary/aromatic N) is 1. The molecule has 0 saturated heterocycles. The molecule has 0 fully saturated rings. The van der Waals surface area contributed by atoms with Gasteiger partial charge >= 0.3 is 0 Å². The summed E-state index contributed by atoms with van der Waals surface area (Å²) >= 11 is 0. The van der Waals surface area contributed by atoms with E-state index < -0.39 is 0 Å². The van der Waals surface area contributed by atoms with Crippen molar-refractivity contribution in [3.05, 3.63) is 0 Å². The molecule has 0 radical (unpaired) electrons. The number of hydrogen-bond acceptors (Lipinski definition) is 4. The molecule has 4 nitrogen and oxygen atoms in total. The minimum absolute atomic E-state index is 0.286. The van der Waals surface area contributed by atoms with Crippen molar-refractivity contribution in [1.29, 1.82) is 0 Å². The van der Waals surface area contributed by atoms with Gasteiger partial charge in [0.15, 0.2) is 0 Å². The van der Waals surface area contributed by atoms with Crippen molar-refractivity contribution >= 4 is 0 Å². The van der Waals surface area contributed by atoms with Crippen LogP contribution in [0.5, 0.6) is 0 Å². The quantitative estimate of drug-likeness (QED) is 0.518. The third-order valence-corrected chi connectivity index (χ3v) is 2.37. The fourth-order valence-electron chi connectivity index (χ4n) is 1.40. The van der Waals surface area contributed by atoms with Gasteiger partial charge in [0.05, 0.1) is 12.7 Å². The molecule has 0 aromatic heterocycles. The van der Waals surface area contributed by atoms with E-state index in [1.54, 1.807) is 0 Å². The molecule has 0 saturated carbocycles. The van der Waals surface area contributed by atoms with E-state index in [0.717, 1.165) is 32.8 Å². The Kier molecular flexibility index (Phi) is 10.3. The van der Waals surface area contributed by atoms with Gasteiger partial charge < -0.3 is 20.1 Å². The third kappa shape index (κ3) is 8.81. The Hall–Kier alpha value is -0.160. The summed E-state index contributed by atoms with van der Waals surface area (Å²) in [5, 5.41) is 12.9. The first-order valence-corrected chi connectivity index (χ1v) is 5.93. The molecule has 92 valence electrons. The maximum atomic E-state index is 9.69. The van der Waals surface area contributed by atoms with Crippen LogP contribution in [0.4, 0.5) is 0 Å². The molecule has 0 aromatic rings. The molecule has 0 aliphatic carbocycles. The zero-order valence-electron chi connectivity index (χ0n) is 10.3. The number of ether oxygens (including phenoxy) is 1. The first-order chi connectivity index (χ1) is 7.24. The topological polar surface area (TPSA) is 44.7 Å². The summed E-state index contributed by atoms with van der Waals surface area (Å²) in [5.41, 5.74) is 0. The second-order valence-electron chi connectivity index (χ2n) is 3.54. The van der Waals surface area contributed by atoms with E-state index in [2.05, 4.69) is 24.1 Å². The van der Waals surface area contributed by atoms with Crippen LogP contribution >= 0.6 is 0 Å². The highest BCUT2D eigenvalue weighted by Crippen LogP contribution is 1.90. The van der Waals surface area contributed by atoms with Gasteiger partial charge in [0.25, 0.3) is 0 Å². The monoisotopic (exact) mass is 218 g/mol. The lowest BCUT2D eigenvalue weighted by atomic mass is 10.3. The van der Waals surface area contributed by atoms with Crippen LogP contribution in [0.15, 0.2) is 0 Å². The van der Waals surface area contributed by atoms with Crippen molar-refractivity contribution < 1.29 is 9.84 Å². The first kappa shape index (κ1) is 14.8. The summed E-state index contributed by atoms with van der Waals surface area (Å²) < 4.78 is 5.18. The average Bonchev–Trinajstić information content (AvgIpc) is 2.25. The molecular formula is C11H26N2O2. The van der Waals surface area contributed by atoms with Crippen LogP contribution in [0.3, 0.4) is 0 Å². The summed E-state index contributed by atoms with van der Waals surface area (Å²) in [5.74, 6) is 0. The first-order valence-electron chi connectivity index (χ1n) is 5.93. The highest BCUT2D eigenvalue weighted by Gasteiger charge is 2.07. The van der Waals surface area contributed by atoms with E-state index in [0.29, 0.717) is 13.2 Å². The SMILES string of the molecule is CCOCCNCC(O)CN(CC)CC. The van der Waals surface area contributed by atoms with E-state index in [9.17, 15) is 5.11 Å². The summed E-state index contributed by atoms with van der Waals surface area (Å²) in [6.45, 7) is 11.9. The molecule has 2 N–H and O–H groups in total. The molecule has 0 aromatic carbocycles. The second kappa shape index (κ2) is 10.4. The normalized spacial score (nSPS) is 13.4. The molecule has 0 heterocycles. The van der Waals surface area contributed by atoms with Crippen molar-refractivity contribution in [2.75, 3.05) is 45.9 Å². The Labute approximate surface area is 93.6 Å². The van der Waals surface area contributed by atoms with Crippen LogP contribution in [0.25, 0.3) is 0 Å². The smallest absolute Gasteiger partial charge is 0.0791 e. The molecule has 0 rings (SSSR count). The van der Waals surface area contributed by atoms with Gasteiger partial charge in [-0.15, -0.1) is 0 Å². The van der Waals surface area contributed by atoms with Gasteiger partial charge in [-0.25, -0.2) is 0 Å². The van der Waals surface area contributed by atoms with Gasteiger partial charge in [0.2, 0.25) is 0 Å². The van der Waals surface area contributed by atoms with Crippen LogP contribution < -0.4 is 5.32 Å². The van der Waals surface area contributed by atoms with E-state index in [1.165, 1.54) is 0 Å². The van der Waals surface area contributed by atoms with Crippen molar-refractivity contribution in [2.24, 2.45) is 0 Å². The number of nitrogens with one attached hydrogen (secondary N) is 1. The van der Waals surface area contributed by atoms with Crippen LogP contribution in [-0.2, 0) is 4.74 Å². The van der Waals surface area contributed by atoms with Crippen LogP contribution in [0.1, 0.15) is 20.8 Å². The molecule has 0 spiro atoms. The Morgan fingerprint density at radius 1 is 1.27 bits per heavy atom. The highest BCUT2D eigenvalue weighted by molar-refractivity contribution is 4.64. The van der Waals surface area contributed by atoms with Gasteiger partial charge in [-0.05, 0) is 20.0 Å². The van der Waals surface area contributed by atoms with Gasteiger partial charge in [-0.2, -0.15) is 0 Å². The van der Waals surface area contributed by atoms with E-state index >= 15 is 0 Å². The van der Waals surface area contributed by atoms with Crippen molar-refractivity contribution in [3.63, 3.8) is 0 Å². The minimum Gasteiger partial charge on any atom is -0.390 e. The third-order valence-electron chi connectivity index (χ3n) is 2.37. The molecule has 15 heavy (non-hydrogen) atoms. The minimum atomic E-state index is -0.286. The standard InChI is InChI=1S/C11H26N2O2/c1-4-13(5-2)10-11(14)9-12-7-8-15-6-3/h11-12,14H,4-10H2,1-3H3. The Bertz CT molecular complexity index is 130. The fraction of sp³-hybridized carbons (Fsp3) is 1.00. The molecule has 4 heteroatoms. The molecule has 0 amide bonds. The predicted molar refractivity (Wildman–Crippen MR) is 63.2 cm³/mol. The van der Waals surface area contributed by atoms with Crippen LogP contribution in [0, 0.1) is 0 Å². The summed E-state index contributed by atoms with van der Waals surface area (Å²) in [6.07, 6.45) is -0.286. The average molecular weight is 218 g/mol. The molecule has 0 aliphatic heterocycles. The number of rotatable bonds is 10. The Morgan fingerprint density at radius 2 is 1.93 bits per heavy atom. The van der Waals surface area contributed by atoms with Crippen molar-refractivity contribution in [3.8, 4) is 0 Å². The van der Waals surface area contributed by atoms with Gasteiger partial charge in [0.1, 0.15) is 0 Å². The number of aliphatic hydroxyl groups is 1. The molecule has 0 aliphatic rings. The largest absolute Gasteiger partial charge is 0.390 e. The van der Waals surface area contributed by atoms with Crippen LogP contribution in [-0.4, -0.2) is 62.0 Å². The van der Waals surface area contributed by atoms with Gasteiger partial charge in [0, 0.05) is 26.2 Å². The highest BCUT2D eigenvalue weighted by atomic mass is 16.5. The lowest BCUT2D eigenvalue weighted by Gasteiger charge is -2.22. The second-order valence-corrected chi connectivity index (χ2v) is 3.54. The molecule has 1 atom stereocenters. The zero-order chi connectivity index (χ0) is 11.5. The molecular weight excluding hydrogens is 192 g/mol. The lowest BCUT2D eigenvalue weighted by molar-refractivity contribution is 0.109. The summed E-state index contributed by atoms with van der Waals surface area (Å²) in [7, 11) is 0. The molecule has 1 unspecified atom stereocenters. The maximum absolute atomic E-state index is 9.69. The van der Waals surface area contributed by atoms with Gasteiger partial charge in [-0.1, -0.05) is 13.8 Å². The van der Waals surface area contributed by atoms with Crippen molar-refractivity contribution in [1.82, 2.24) is 10.2 Å². The summed E-state index contributed by atoms with van der Waals surface area (Å²) in [4.78, 5) is 2.22. The molecule has 0 bridgehead atoms. The maximum Gasteiger partial charge on any atom is 0.0791 e.